The highest BCUT2D eigenvalue weighted by Gasteiger charge is 2.36. The van der Waals surface area contributed by atoms with Gasteiger partial charge < -0.3 is 24.3 Å². The predicted molar refractivity (Wildman–Crippen MR) is 72.0 cm³/mol. The molecule has 0 atom stereocenters. The van der Waals surface area contributed by atoms with Gasteiger partial charge in [-0.05, 0) is 38.9 Å². The second-order valence-electron chi connectivity index (χ2n) is 4.00. The lowest BCUT2D eigenvalue weighted by Crippen LogP contribution is -2.43. The van der Waals surface area contributed by atoms with Crippen molar-refractivity contribution in [1.82, 2.24) is 5.32 Å². The van der Waals surface area contributed by atoms with Crippen molar-refractivity contribution in [3.8, 4) is 0 Å². The number of rotatable bonds is 12. The summed E-state index contributed by atoms with van der Waals surface area (Å²) in [5.74, 6) is 0. The third-order valence-electron chi connectivity index (χ3n) is 2.83. The van der Waals surface area contributed by atoms with E-state index in [1.54, 1.807) is 21.3 Å². The van der Waals surface area contributed by atoms with Crippen molar-refractivity contribution in [2.75, 3.05) is 41.0 Å². The number of hydrogen-bond acceptors (Lipinski definition) is 5. The second-order valence-corrected chi connectivity index (χ2v) is 7.09. The van der Waals surface area contributed by atoms with Gasteiger partial charge in [0.25, 0.3) is 0 Å². The first-order valence-corrected chi connectivity index (χ1v) is 8.24. The third kappa shape index (κ3) is 7.85. The normalized spacial score (nSPS) is 12.0. The molecule has 0 aliphatic heterocycles. The van der Waals surface area contributed by atoms with Crippen LogP contribution in [-0.2, 0) is 13.3 Å². The smallest absolute Gasteiger partial charge is 0.377 e. The Balaban J connectivity index is 3.43. The molecule has 0 saturated heterocycles. The Morgan fingerprint density at radius 3 is 2.00 bits per heavy atom. The maximum absolute atomic E-state index is 5.43. The Hall–Kier alpha value is 0.0169. The summed E-state index contributed by atoms with van der Waals surface area (Å²) in [4.78, 5) is 0. The minimum Gasteiger partial charge on any atom is -0.377 e. The van der Waals surface area contributed by atoms with E-state index >= 15 is 0 Å². The number of hydrogen-bond donors (Lipinski definition) is 2. The highest BCUT2D eigenvalue weighted by molar-refractivity contribution is 6.60. The largest absolute Gasteiger partial charge is 0.500 e. The summed E-state index contributed by atoms with van der Waals surface area (Å²) in [6.07, 6.45) is 4.53. The average molecular weight is 264 g/mol. The molecule has 6 heteroatoms. The Labute approximate surface area is 106 Å². The van der Waals surface area contributed by atoms with Gasteiger partial charge in [-0.15, -0.1) is 0 Å². The summed E-state index contributed by atoms with van der Waals surface area (Å²) in [5, 5.41) is 3.40. The van der Waals surface area contributed by atoms with Crippen LogP contribution in [0.15, 0.2) is 0 Å². The quantitative estimate of drug-likeness (QED) is 0.406. The lowest BCUT2D eigenvalue weighted by Gasteiger charge is -2.24. The molecule has 0 spiro atoms. The maximum atomic E-state index is 5.43. The van der Waals surface area contributed by atoms with Crippen LogP contribution in [0, 0.1) is 0 Å². The van der Waals surface area contributed by atoms with Gasteiger partial charge in [0.1, 0.15) is 0 Å². The van der Waals surface area contributed by atoms with Crippen LogP contribution < -0.4 is 11.1 Å². The van der Waals surface area contributed by atoms with Crippen molar-refractivity contribution < 1.29 is 13.3 Å². The Bertz CT molecular complexity index is 161. The molecule has 0 radical (unpaired) electrons. The fourth-order valence-electron chi connectivity index (χ4n) is 1.68. The summed E-state index contributed by atoms with van der Waals surface area (Å²) in [7, 11) is 2.60. The van der Waals surface area contributed by atoms with E-state index in [1.807, 2.05) is 0 Å². The molecule has 0 aromatic carbocycles. The molecule has 17 heavy (non-hydrogen) atoms. The molecule has 5 nitrogen and oxygen atoms in total. The minimum absolute atomic E-state index is 0.795. The van der Waals surface area contributed by atoms with E-state index in [0.717, 1.165) is 38.5 Å². The minimum atomic E-state index is -2.36. The molecule has 0 bridgehead atoms. The molecule has 0 aliphatic rings. The van der Waals surface area contributed by atoms with Crippen molar-refractivity contribution in [2.45, 2.75) is 31.7 Å². The van der Waals surface area contributed by atoms with Crippen LogP contribution in [-0.4, -0.2) is 49.8 Å². The zero-order valence-corrected chi connectivity index (χ0v) is 12.5. The van der Waals surface area contributed by atoms with Crippen molar-refractivity contribution >= 4 is 8.80 Å². The van der Waals surface area contributed by atoms with Gasteiger partial charge in [-0.1, -0.05) is 6.42 Å². The molecule has 0 aromatic rings. The van der Waals surface area contributed by atoms with Gasteiger partial charge in [0, 0.05) is 27.4 Å². The van der Waals surface area contributed by atoms with Crippen molar-refractivity contribution in [2.24, 2.45) is 5.73 Å². The fraction of sp³-hybridized carbons (Fsp3) is 1.00. The van der Waals surface area contributed by atoms with Crippen LogP contribution in [0.3, 0.4) is 0 Å². The average Bonchev–Trinajstić information content (AvgIpc) is 2.38. The predicted octanol–water partition coefficient (Wildman–Crippen LogP) is 0.973. The van der Waals surface area contributed by atoms with Gasteiger partial charge in [0.05, 0.1) is 0 Å². The van der Waals surface area contributed by atoms with Crippen LogP contribution >= 0.6 is 0 Å². The molecule has 0 amide bonds. The fourth-order valence-corrected chi connectivity index (χ4v) is 3.40. The van der Waals surface area contributed by atoms with E-state index in [1.165, 1.54) is 12.8 Å². The number of nitrogens with two attached hydrogens (primary N) is 1. The molecule has 0 heterocycles. The van der Waals surface area contributed by atoms with Gasteiger partial charge in [-0.2, -0.15) is 0 Å². The summed E-state index contributed by atoms with van der Waals surface area (Å²) in [6, 6.07) is 0.853. The molecule has 0 aliphatic carbocycles. The van der Waals surface area contributed by atoms with E-state index in [9.17, 15) is 0 Å². The van der Waals surface area contributed by atoms with Gasteiger partial charge in [0.2, 0.25) is 0 Å². The van der Waals surface area contributed by atoms with Crippen LogP contribution in [0.1, 0.15) is 25.7 Å². The first kappa shape index (κ1) is 17.0. The highest BCUT2D eigenvalue weighted by Crippen LogP contribution is 2.14. The molecule has 0 aromatic heterocycles. The third-order valence-corrected chi connectivity index (χ3v) is 5.66. The SMILES string of the molecule is CO[Si](CCCNCCCCCN)(OC)OC. The zero-order valence-electron chi connectivity index (χ0n) is 11.5. The molecular weight excluding hydrogens is 236 g/mol. The van der Waals surface area contributed by atoms with E-state index in [4.69, 9.17) is 19.0 Å². The Kier molecular flexibility index (Phi) is 11.1. The number of nitrogens with one attached hydrogen (secondary N) is 1. The highest BCUT2D eigenvalue weighted by atomic mass is 28.4. The molecule has 0 fully saturated rings. The molecule has 3 N–H and O–H groups in total. The maximum Gasteiger partial charge on any atom is 0.500 e. The van der Waals surface area contributed by atoms with E-state index in [2.05, 4.69) is 5.32 Å². The summed E-state index contributed by atoms with van der Waals surface area (Å²) < 4.78 is 16.0. The van der Waals surface area contributed by atoms with Gasteiger partial charge in [0.15, 0.2) is 0 Å². The van der Waals surface area contributed by atoms with Crippen LogP contribution in [0.25, 0.3) is 0 Å². The van der Waals surface area contributed by atoms with Gasteiger partial charge in [-0.25, -0.2) is 0 Å². The lowest BCUT2D eigenvalue weighted by molar-refractivity contribution is 0.123. The van der Waals surface area contributed by atoms with Crippen LogP contribution in [0.5, 0.6) is 0 Å². The molecular formula is C11H28N2O3Si. The number of unbranched alkanes of at least 4 members (excludes halogenated alkanes) is 2. The van der Waals surface area contributed by atoms with Gasteiger partial charge in [-0.3, -0.25) is 0 Å². The molecule has 0 saturated carbocycles. The first-order valence-electron chi connectivity index (χ1n) is 6.31. The second kappa shape index (κ2) is 11.1. The zero-order chi connectivity index (χ0) is 13.0. The van der Waals surface area contributed by atoms with E-state index in [-0.39, 0.29) is 0 Å². The first-order chi connectivity index (χ1) is 8.24. The van der Waals surface area contributed by atoms with Crippen LogP contribution in [0.2, 0.25) is 6.04 Å². The monoisotopic (exact) mass is 264 g/mol. The van der Waals surface area contributed by atoms with E-state index < -0.39 is 8.80 Å². The summed E-state index contributed by atoms with van der Waals surface area (Å²) in [5.41, 5.74) is 5.43. The Morgan fingerprint density at radius 1 is 0.882 bits per heavy atom. The lowest BCUT2D eigenvalue weighted by atomic mass is 10.2. The summed E-state index contributed by atoms with van der Waals surface area (Å²) >= 11 is 0. The van der Waals surface area contributed by atoms with Crippen molar-refractivity contribution in [1.29, 1.82) is 0 Å². The van der Waals surface area contributed by atoms with Crippen molar-refractivity contribution in [3.05, 3.63) is 0 Å². The Morgan fingerprint density at radius 2 is 1.47 bits per heavy atom. The molecule has 0 rings (SSSR count). The van der Waals surface area contributed by atoms with E-state index in [0.29, 0.717) is 0 Å². The van der Waals surface area contributed by atoms with Crippen LogP contribution in [0.4, 0.5) is 0 Å². The topological polar surface area (TPSA) is 65.7 Å². The standard InChI is InChI=1S/C11H28N2O3Si/c1-14-17(15-2,16-3)11-7-10-13-9-6-4-5-8-12/h13H,4-12H2,1-3H3. The summed E-state index contributed by atoms with van der Waals surface area (Å²) in [6.45, 7) is 2.83. The molecule has 104 valence electrons. The van der Waals surface area contributed by atoms with Crippen molar-refractivity contribution in [3.63, 3.8) is 0 Å². The van der Waals surface area contributed by atoms with Gasteiger partial charge >= 0.3 is 8.80 Å². The molecule has 0 unspecified atom stereocenters.